The molecule has 0 saturated heterocycles. The summed E-state index contributed by atoms with van der Waals surface area (Å²) in [6.07, 6.45) is -1.21. The largest absolute Gasteiger partial charge is 0.465 e. The van der Waals surface area contributed by atoms with Gasteiger partial charge >= 0.3 is 18.2 Å². The predicted octanol–water partition coefficient (Wildman–Crippen LogP) is -0.000200. The highest BCUT2D eigenvalue weighted by Gasteiger charge is 2.01. The molecule has 8 heteroatoms. The zero-order valence-electron chi connectivity index (χ0n) is 8.06. The summed E-state index contributed by atoms with van der Waals surface area (Å²) in [4.78, 5) is 33.6. The highest BCUT2D eigenvalue weighted by atomic mass is 16.7. The van der Waals surface area contributed by atoms with E-state index in [0.29, 0.717) is 0 Å². The van der Waals surface area contributed by atoms with Crippen LogP contribution in [0.3, 0.4) is 0 Å². The van der Waals surface area contributed by atoms with Crippen molar-refractivity contribution in [1.29, 1.82) is 0 Å². The Morgan fingerprint density at radius 2 is 2.00 bits per heavy atom. The SMILES string of the molecule is C=CC(=O)ONC(=O)OCC.NC(=O)O. The maximum Gasteiger partial charge on any atom is 0.440 e. The van der Waals surface area contributed by atoms with Crippen molar-refractivity contribution < 1.29 is 29.1 Å². The molecule has 0 aliphatic carbocycles. The predicted molar refractivity (Wildman–Crippen MR) is 48.7 cm³/mol. The molecule has 0 fully saturated rings. The van der Waals surface area contributed by atoms with Crippen LogP contribution in [0.25, 0.3) is 0 Å². The third-order valence-electron chi connectivity index (χ3n) is 0.677. The van der Waals surface area contributed by atoms with Crippen molar-refractivity contribution in [2.45, 2.75) is 6.92 Å². The molecule has 0 aromatic heterocycles. The van der Waals surface area contributed by atoms with Gasteiger partial charge in [0.15, 0.2) is 0 Å². The van der Waals surface area contributed by atoms with Crippen LogP contribution in [-0.2, 0) is 14.4 Å². The van der Waals surface area contributed by atoms with E-state index in [4.69, 9.17) is 9.90 Å². The number of carbonyl (C=O) groups excluding carboxylic acids is 2. The lowest BCUT2D eigenvalue weighted by molar-refractivity contribution is -0.143. The molecule has 8 nitrogen and oxygen atoms in total. The van der Waals surface area contributed by atoms with Crippen molar-refractivity contribution in [2.75, 3.05) is 6.61 Å². The fraction of sp³-hybridized carbons (Fsp3) is 0.286. The quantitative estimate of drug-likeness (QED) is 0.443. The van der Waals surface area contributed by atoms with Crippen LogP contribution >= 0.6 is 0 Å². The molecule has 0 bridgehead atoms. The third-order valence-corrected chi connectivity index (χ3v) is 0.677. The van der Waals surface area contributed by atoms with E-state index in [1.807, 2.05) is 0 Å². The van der Waals surface area contributed by atoms with Gasteiger partial charge in [-0.25, -0.2) is 14.4 Å². The van der Waals surface area contributed by atoms with Gasteiger partial charge < -0.3 is 20.4 Å². The molecule has 0 aromatic rings. The molecular weight excluding hydrogens is 208 g/mol. The minimum atomic E-state index is -1.33. The van der Waals surface area contributed by atoms with Gasteiger partial charge in [-0.2, -0.15) is 0 Å². The van der Waals surface area contributed by atoms with Gasteiger partial charge in [-0.15, -0.1) is 5.48 Å². The number of nitrogens with two attached hydrogens (primary N) is 1. The molecule has 0 aromatic carbocycles. The number of carboxylic acid groups (broad SMARTS) is 1. The van der Waals surface area contributed by atoms with Crippen LogP contribution in [0.1, 0.15) is 6.92 Å². The van der Waals surface area contributed by atoms with Gasteiger partial charge in [0.2, 0.25) is 0 Å². The number of amides is 2. The molecule has 0 rings (SSSR count). The maximum atomic E-state index is 10.4. The Labute approximate surface area is 85.6 Å². The van der Waals surface area contributed by atoms with Gasteiger partial charge in [0, 0.05) is 6.08 Å². The minimum absolute atomic E-state index is 0.220. The molecule has 86 valence electrons. The number of hydroxylamine groups is 1. The fourth-order valence-electron chi connectivity index (χ4n) is 0.294. The molecule has 0 saturated carbocycles. The number of ether oxygens (including phenoxy) is 1. The second-order valence-electron chi connectivity index (χ2n) is 1.79. The number of primary amides is 1. The van der Waals surface area contributed by atoms with E-state index in [0.717, 1.165) is 6.08 Å². The van der Waals surface area contributed by atoms with Gasteiger partial charge in [0.25, 0.3) is 0 Å². The third kappa shape index (κ3) is 18.6. The van der Waals surface area contributed by atoms with Gasteiger partial charge in [-0.3, -0.25) is 0 Å². The number of rotatable bonds is 2. The van der Waals surface area contributed by atoms with Gasteiger partial charge in [0.1, 0.15) is 0 Å². The van der Waals surface area contributed by atoms with E-state index in [9.17, 15) is 9.59 Å². The topological polar surface area (TPSA) is 128 Å². The van der Waals surface area contributed by atoms with Crippen LogP contribution < -0.4 is 11.2 Å². The van der Waals surface area contributed by atoms with Gasteiger partial charge in [-0.1, -0.05) is 6.58 Å². The molecule has 0 atom stereocenters. The minimum Gasteiger partial charge on any atom is -0.465 e. The Kier molecular flexibility index (Phi) is 9.99. The van der Waals surface area contributed by atoms with Crippen LogP contribution in [-0.4, -0.2) is 29.9 Å². The number of carbonyl (C=O) groups is 3. The first-order valence-electron chi connectivity index (χ1n) is 3.68. The Morgan fingerprint density at radius 1 is 1.53 bits per heavy atom. The van der Waals surface area contributed by atoms with Crippen LogP contribution in [0, 0.1) is 0 Å². The molecule has 2 amide bonds. The number of hydrogen-bond acceptors (Lipinski definition) is 5. The Balaban J connectivity index is 0. The van der Waals surface area contributed by atoms with Crippen molar-refractivity contribution in [3.05, 3.63) is 12.7 Å². The first-order chi connectivity index (χ1) is 6.93. The Bertz CT molecular complexity index is 236. The summed E-state index contributed by atoms with van der Waals surface area (Å²) in [5.41, 5.74) is 5.78. The van der Waals surface area contributed by atoms with Gasteiger partial charge in [-0.05, 0) is 6.92 Å². The van der Waals surface area contributed by atoms with Gasteiger partial charge in [0.05, 0.1) is 6.61 Å². The van der Waals surface area contributed by atoms with E-state index in [1.165, 1.54) is 0 Å². The molecular formula is C7H12N2O6. The number of nitrogens with one attached hydrogen (secondary N) is 1. The van der Waals surface area contributed by atoms with Crippen LogP contribution in [0.4, 0.5) is 9.59 Å². The summed E-state index contributed by atoms with van der Waals surface area (Å²) < 4.78 is 4.38. The van der Waals surface area contributed by atoms with Crippen molar-refractivity contribution in [3.63, 3.8) is 0 Å². The smallest absolute Gasteiger partial charge is 0.440 e. The van der Waals surface area contributed by atoms with E-state index < -0.39 is 18.2 Å². The van der Waals surface area contributed by atoms with E-state index in [2.05, 4.69) is 21.9 Å². The average molecular weight is 220 g/mol. The summed E-state index contributed by atoms with van der Waals surface area (Å²) in [6, 6.07) is 0. The molecule has 4 N–H and O–H groups in total. The fourth-order valence-corrected chi connectivity index (χ4v) is 0.294. The molecule has 0 unspecified atom stereocenters. The van der Waals surface area contributed by atoms with E-state index >= 15 is 0 Å². The summed E-state index contributed by atoms with van der Waals surface area (Å²) in [5.74, 6) is -0.738. The van der Waals surface area contributed by atoms with Crippen molar-refractivity contribution in [1.82, 2.24) is 5.48 Å². The summed E-state index contributed by atoms with van der Waals surface area (Å²) >= 11 is 0. The highest BCUT2D eigenvalue weighted by Crippen LogP contribution is 1.78. The highest BCUT2D eigenvalue weighted by molar-refractivity contribution is 5.82. The van der Waals surface area contributed by atoms with Crippen molar-refractivity contribution >= 4 is 18.2 Å². The molecule has 0 aliphatic rings. The lowest BCUT2D eigenvalue weighted by Gasteiger charge is -2.02. The average Bonchev–Trinajstić information content (AvgIpc) is 2.14. The summed E-state index contributed by atoms with van der Waals surface area (Å²) in [5, 5.41) is 7.19. The second kappa shape index (κ2) is 9.84. The monoisotopic (exact) mass is 220 g/mol. The molecule has 0 aliphatic heterocycles. The van der Waals surface area contributed by atoms with Crippen molar-refractivity contribution in [2.24, 2.45) is 5.73 Å². The summed E-state index contributed by atoms with van der Waals surface area (Å²) in [7, 11) is 0. The second-order valence-corrected chi connectivity index (χ2v) is 1.79. The zero-order valence-corrected chi connectivity index (χ0v) is 8.06. The Hall–Kier alpha value is -2.25. The maximum absolute atomic E-state index is 10.4. The lowest BCUT2D eigenvalue weighted by Crippen LogP contribution is -2.26. The molecule has 0 radical (unpaired) electrons. The molecule has 0 spiro atoms. The van der Waals surface area contributed by atoms with E-state index in [-0.39, 0.29) is 6.61 Å². The lowest BCUT2D eigenvalue weighted by atomic mass is 10.7. The Morgan fingerprint density at radius 3 is 2.33 bits per heavy atom. The van der Waals surface area contributed by atoms with Crippen LogP contribution in [0.15, 0.2) is 12.7 Å². The standard InChI is InChI=1S/C6H9NO4.CH3NO2/c1-3-5(8)11-7-6(9)10-4-2;2-1(3)4/h3H,1,4H2,2H3,(H,7,9);2H2,(H,3,4). The normalized spacial score (nSPS) is 7.53. The van der Waals surface area contributed by atoms with Crippen LogP contribution in [0.5, 0.6) is 0 Å². The van der Waals surface area contributed by atoms with Crippen molar-refractivity contribution in [3.8, 4) is 0 Å². The molecule has 15 heavy (non-hydrogen) atoms. The first-order valence-corrected chi connectivity index (χ1v) is 3.68. The van der Waals surface area contributed by atoms with E-state index in [1.54, 1.807) is 12.4 Å². The molecule has 0 heterocycles. The number of hydrogen-bond donors (Lipinski definition) is 3. The zero-order chi connectivity index (χ0) is 12.3. The summed E-state index contributed by atoms with van der Waals surface area (Å²) in [6.45, 7) is 4.97. The van der Waals surface area contributed by atoms with Crippen LogP contribution in [0.2, 0.25) is 0 Å². The first kappa shape index (κ1) is 15.2.